The van der Waals surface area contributed by atoms with Crippen LogP contribution in [0.3, 0.4) is 0 Å². The van der Waals surface area contributed by atoms with Gasteiger partial charge in [-0.3, -0.25) is 0 Å². The van der Waals surface area contributed by atoms with Crippen LogP contribution in [0.25, 0.3) is 0 Å². The summed E-state index contributed by atoms with van der Waals surface area (Å²) in [6.07, 6.45) is 8.95. The van der Waals surface area contributed by atoms with E-state index in [4.69, 9.17) is 9.53 Å². The molecule has 0 aromatic carbocycles. The number of hydrogen-bond acceptors (Lipinski definition) is 2. The number of hydrogen-bond donors (Lipinski definition) is 1. The minimum absolute atomic E-state index is 0.118. The van der Waals surface area contributed by atoms with Crippen molar-refractivity contribution in [3.05, 3.63) is 12.2 Å². The molecule has 1 N–H and O–H groups in total. The molecule has 0 aliphatic carbocycles. The van der Waals surface area contributed by atoms with Crippen LogP contribution in [0, 0.1) is 0 Å². The van der Waals surface area contributed by atoms with Crippen molar-refractivity contribution in [2.24, 2.45) is 0 Å². The van der Waals surface area contributed by atoms with Gasteiger partial charge in [0.05, 0.1) is 12.7 Å². The highest BCUT2D eigenvalue weighted by atomic mass is 28.4. The van der Waals surface area contributed by atoms with Gasteiger partial charge >= 0.3 is 0 Å². The lowest BCUT2D eigenvalue weighted by atomic mass is 10.1. The summed E-state index contributed by atoms with van der Waals surface area (Å²) in [5.41, 5.74) is 0. The molecule has 0 saturated heterocycles. The zero-order valence-corrected chi connectivity index (χ0v) is 13.7. The van der Waals surface area contributed by atoms with Crippen LogP contribution >= 0.6 is 0 Å². The standard InChI is InChI=1S/C15H32O2Si/c1-5-9-10-12-15(13-11-14-16)17-18(6-2,7-3)8-4/h11,13,15-16H,5-10,12,14H2,1-4H3/b13-11+/t15-/m1/s1. The summed E-state index contributed by atoms with van der Waals surface area (Å²) in [7, 11) is -1.52. The average Bonchev–Trinajstić information content (AvgIpc) is 2.42. The van der Waals surface area contributed by atoms with Crippen LogP contribution in [-0.4, -0.2) is 26.1 Å². The highest BCUT2D eigenvalue weighted by molar-refractivity contribution is 6.73. The maximum absolute atomic E-state index is 8.93. The molecule has 0 aliphatic heterocycles. The zero-order chi connectivity index (χ0) is 13.9. The molecule has 0 aliphatic rings. The summed E-state index contributed by atoms with van der Waals surface area (Å²) in [4.78, 5) is 0. The Morgan fingerprint density at radius 1 is 1.06 bits per heavy atom. The summed E-state index contributed by atoms with van der Waals surface area (Å²) in [6, 6.07) is 3.58. The molecule has 108 valence electrons. The first-order chi connectivity index (χ1) is 8.67. The summed E-state index contributed by atoms with van der Waals surface area (Å²) in [5, 5.41) is 8.93. The predicted octanol–water partition coefficient (Wildman–Crippen LogP) is 4.51. The highest BCUT2D eigenvalue weighted by Crippen LogP contribution is 2.25. The molecule has 0 heterocycles. The maximum atomic E-state index is 8.93. The van der Waals surface area contributed by atoms with E-state index in [0.717, 1.165) is 6.42 Å². The number of unbranched alkanes of at least 4 members (excludes halogenated alkanes) is 2. The molecule has 0 aromatic heterocycles. The highest BCUT2D eigenvalue weighted by Gasteiger charge is 2.30. The lowest BCUT2D eigenvalue weighted by Crippen LogP contribution is -2.39. The smallest absolute Gasteiger partial charge is 0.192 e. The van der Waals surface area contributed by atoms with Crippen molar-refractivity contribution in [2.45, 2.75) is 77.6 Å². The Morgan fingerprint density at radius 3 is 2.11 bits per heavy atom. The lowest BCUT2D eigenvalue weighted by Gasteiger charge is -2.32. The van der Waals surface area contributed by atoms with Crippen LogP contribution in [-0.2, 0) is 4.43 Å². The first-order valence-electron chi connectivity index (χ1n) is 7.63. The third-order valence-electron chi connectivity index (χ3n) is 3.88. The van der Waals surface area contributed by atoms with Gasteiger partial charge in [0.15, 0.2) is 8.32 Å². The van der Waals surface area contributed by atoms with Gasteiger partial charge < -0.3 is 9.53 Å². The Labute approximate surface area is 115 Å². The molecular formula is C15H32O2Si. The van der Waals surface area contributed by atoms with Crippen LogP contribution in [0.1, 0.15) is 53.4 Å². The number of aliphatic hydroxyl groups excluding tert-OH is 1. The normalized spacial score (nSPS) is 14.3. The minimum atomic E-state index is -1.52. The fraction of sp³-hybridized carbons (Fsp3) is 0.867. The van der Waals surface area contributed by atoms with Gasteiger partial charge in [0, 0.05) is 0 Å². The van der Waals surface area contributed by atoms with Crippen molar-refractivity contribution in [3.63, 3.8) is 0 Å². The molecule has 18 heavy (non-hydrogen) atoms. The SMILES string of the molecule is CCCCC[C@H](/C=C/CO)O[Si](CC)(CC)CC. The summed E-state index contributed by atoms with van der Waals surface area (Å²) < 4.78 is 6.48. The van der Waals surface area contributed by atoms with E-state index in [9.17, 15) is 0 Å². The van der Waals surface area contributed by atoms with Gasteiger partial charge in [-0.15, -0.1) is 0 Å². The second-order valence-electron chi connectivity index (χ2n) is 5.01. The van der Waals surface area contributed by atoms with Crippen LogP contribution < -0.4 is 0 Å². The van der Waals surface area contributed by atoms with E-state index in [1.54, 1.807) is 0 Å². The molecule has 0 aromatic rings. The van der Waals surface area contributed by atoms with Crippen LogP contribution in [0.15, 0.2) is 12.2 Å². The van der Waals surface area contributed by atoms with E-state index < -0.39 is 8.32 Å². The molecule has 0 unspecified atom stereocenters. The first-order valence-corrected chi connectivity index (χ1v) is 10.2. The fourth-order valence-corrected chi connectivity index (χ4v) is 5.16. The fourth-order valence-electron chi connectivity index (χ4n) is 2.32. The Bertz CT molecular complexity index is 204. The molecule has 1 atom stereocenters. The van der Waals surface area contributed by atoms with Gasteiger partial charge in [-0.2, -0.15) is 0 Å². The van der Waals surface area contributed by atoms with Crippen molar-refractivity contribution in [1.29, 1.82) is 0 Å². The molecule has 0 radical (unpaired) electrons. The molecule has 0 bridgehead atoms. The van der Waals surface area contributed by atoms with Crippen LogP contribution in [0.5, 0.6) is 0 Å². The van der Waals surface area contributed by atoms with Crippen molar-refractivity contribution >= 4 is 8.32 Å². The van der Waals surface area contributed by atoms with E-state index in [1.807, 2.05) is 6.08 Å². The summed E-state index contributed by atoms with van der Waals surface area (Å²) in [5.74, 6) is 0. The van der Waals surface area contributed by atoms with E-state index in [1.165, 1.54) is 37.4 Å². The first kappa shape index (κ1) is 17.9. The molecule has 0 rings (SSSR count). The molecule has 2 nitrogen and oxygen atoms in total. The molecular weight excluding hydrogens is 240 g/mol. The van der Waals surface area contributed by atoms with Gasteiger partial charge in [0.2, 0.25) is 0 Å². The minimum Gasteiger partial charge on any atom is -0.411 e. The number of aliphatic hydroxyl groups is 1. The Hall–Kier alpha value is -0.123. The van der Waals surface area contributed by atoms with Gasteiger partial charge in [-0.1, -0.05) is 59.1 Å². The topological polar surface area (TPSA) is 29.5 Å². The van der Waals surface area contributed by atoms with Crippen molar-refractivity contribution in [2.75, 3.05) is 6.61 Å². The molecule has 0 spiro atoms. The predicted molar refractivity (Wildman–Crippen MR) is 82.4 cm³/mol. The second kappa shape index (κ2) is 10.8. The van der Waals surface area contributed by atoms with E-state index in [0.29, 0.717) is 0 Å². The number of rotatable bonds is 11. The van der Waals surface area contributed by atoms with Crippen LogP contribution in [0.2, 0.25) is 18.1 Å². The largest absolute Gasteiger partial charge is 0.411 e. The Balaban J connectivity index is 4.48. The monoisotopic (exact) mass is 272 g/mol. The third-order valence-corrected chi connectivity index (χ3v) is 8.55. The van der Waals surface area contributed by atoms with Gasteiger partial charge in [-0.25, -0.2) is 0 Å². The van der Waals surface area contributed by atoms with E-state index >= 15 is 0 Å². The molecule has 0 amide bonds. The molecule has 0 fully saturated rings. The van der Waals surface area contributed by atoms with Gasteiger partial charge in [0.1, 0.15) is 0 Å². The summed E-state index contributed by atoms with van der Waals surface area (Å²) in [6.45, 7) is 9.13. The Morgan fingerprint density at radius 2 is 1.67 bits per heavy atom. The zero-order valence-electron chi connectivity index (χ0n) is 12.7. The lowest BCUT2D eigenvalue weighted by molar-refractivity contribution is 0.216. The quantitative estimate of drug-likeness (QED) is 0.341. The summed E-state index contributed by atoms with van der Waals surface area (Å²) >= 11 is 0. The van der Waals surface area contributed by atoms with Crippen molar-refractivity contribution < 1.29 is 9.53 Å². The average molecular weight is 273 g/mol. The van der Waals surface area contributed by atoms with E-state index in [-0.39, 0.29) is 12.7 Å². The van der Waals surface area contributed by atoms with Gasteiger partial charge in [0.25, 0.3) is 0 Å². The molecule has 0 saturated carbocycles. The van der Waals surface area contributed by atoms with Crippen LogP contribution in [0.4, 0.5) is 0 Å². The Kier molecular flexibility index (Phi) is 10.7. The van der Waals surface area contributed by atoms with Crippen molar-refractivity contribution in [1.82, 2.24) is 0 Å². The third kappa shape index (κ3) is 6.71. The van der Waals surface area contributed by atoms with Crippen molar-refractivity contribution in [3.8, 4) is 0 Å². The van der Waals surface area contributed by atoms with Gasteiger partial charge in [-0.05, 0) is 24.6 Å². The van der Waals surface area contributed by atoms with E-state index in [2.05, 4.69) is 33.8 Å². The second-order valence-corrected chi connectivity index (χ2v) is 9.73. The molecule has 3 heteroatoms. The maximum Gasteiger partial charge on any atom is 0.192 e.